The van der Waals surface area contributed by atoms with Gasteiger partial charge in [-0.3, -0.25) is 24.4 Å². The summed E-state index contributed by atoms with van der Waals surface area (Å²) in [5.41, 5.74) is 1.96. The molecule has 4 aromatic rings. The summed E-state index contributed by atoms with van der Waals surface area (Å²) in [5.74, 6) is 5.26. The molecule has 4 unspecified atom stereocenters. The number of amides is 3. The van der Waals surface area contributed by atoms with Gasteiger partial charge in [0.05, 0.1) is 30.6 Å². The van der Waals surface area contributed by atoms with Gasteiger partial charge in [-0.05, 0) is 169 Å². The number of piperidine rings is 4. The van der Waals surface area contributed by atoms with E-state index in [1.54, 1.807) is 0 Å². The first kappa shape index (κ1) is 55.9. The number of benzene rings is 2. The molecule has 8 bridgehead atoms. The predicted molar refractivity (Wildman–Crippen MR) is 297 cm³/mol. The molecule has 4 saturated carbocycles. The van der Waals surface area contributed by atoms with Crippen molar-refractivity contribution >= 4 is 34.4 Å². The minimum absolute atomic E-state index is 0. The first-order valence-electron chi connectivity index (χ1n) is 29.6. The number of carbonyl (C=O) groups is 2. The van der Waals surface area contributed by atoms with Gasteiger partial charge in [-0.1, -0.05) is 99.2 Å². The third-order valence-electron chi connectivity index (χ3n) is 19.9. The lowest BCUT2D eigenvalue weighted by molar-refractivity contribution is -0.0405. The fraction of sp³-hybridized carbons (Fsp3) is 0.712. The number of aromatic nitrogens is 8. The zero-order valence-electron chi connectivity index (χ0n) is 44.5. The van der Waals surface area contributed by atoms with E-state index in [2.05, 4.69) is 92.0 Å². The smallest absolute Gasteiger partial charge is 0.325 e. The monoisotopic (exact) mass is 1090 g/mol. The molecule has 0 spiro atoms. The Hall–Kier alpha value is -4.35. The average molecular weight is 1090 g/mol. The molecule has 3 amide bonds. The van der Waals surface area contributed by atoms with Gasteiger partial charge >= 0.3 is 11.4 Å². The van der Waals surface area contributed by atoms with Gasteiger partial charge in [-0.25, -0.2) is 4.79 Å². The van der Waals surface area contributed by atoms with E-state index in [1.807, 2.05) is 46.2 Å². The number of nitrogens with zero attached hydrogens (tertiary/aromatic N) is 11. The summed E-state index contributed by atoms with van der Waals surface area (Å²) >= 11 is 6.08. The highest BCUT2D eigenvalue weighted by Crippen LogP contribution is 2.49. The third-order valence-corrected chi connectivity index (χ3v) is 20.1. The van der Waals surface area contributed by atoms with E-state index in [4.69, 9.17) is 11.6 Å². The maximum absolute atomic E-state index is 14.3. The molecule has 6 aliphatic heterocycles. The Labute approximate surface area is 469 Å². The minimum Gasteiger partial charge on any atom is -1.00 e. The van der Waals surface area contributed by atoms with Crippen molar-refractivity contribution in [1.29, 1.82) is 0 Å². The second-order valence-electron chi connectivity index (χ2n) is 24.5. The van der Waals surface area contributed by atoms with Crippen molar-refractivity contribution in [3.63, 3.8) is 0 Å². The van der Waals surface area contributed by atoms with Crippen LogP contribution in [0.3, 0.4) is 0 Å². The summed E-state index contributed by atoms with van der Waals surface area (Å²) in [5, 5.41) is 31.5. The molecule has 10 aliphatic rings. The molecular formula is C59H86Cl2N14O2. The van der Waals surface area contributed by atoms with Crippen LogP contribution in [0, 0.1) is 30.1 Å². The lowest BCUT2D eigenvalue weighted by Gasteiger charge is -2.56. The molecule has 418 valence electrons. The number of aromatic amines is 2. The Morgan fingerprint density at radius 1 is 0.545 bits per heavy atom. The molecule has 8 heterocycles. The quantitative estimate of drug-likeness (QED) is 0.0877. The number of urea groups is 1. The van der Waals surface area contributed by atoms with Crippen molar-refractivity contribution in [2.45, 2.75) is 228 Å². The minimum atomic E-state index is -0.334. The molecule has 2 aromatic carbocycles. The predicted octanol–water partition coefficient (Wildman–Crippen LogP) is 8.60. The SMILES string of the molecule is C.C1CN[C@H](c2nn[nH]n2)C1.O=C(Cl)N(c1ccccc1)C1C[C@H]2C[CH+]C[C@@H](C1)N2C1C[C@H]2CCC[C@@H](C1)C2.O=C(N(c1ccccc1)C1C[C@H]2CCC[C@@H](C1)N2C1C[C@H]2CCC[C@@H](C1)C2)N1CCC[C@H]1c1nn[nH]n1.[Cl-]. The standard InChI is InChI=1S/C29H41N7O.C24H32ClN2O.C5H9N5.CH4.ClH/c37-29(34-14-6-13-27(34)28-30-32-33-31-28)36(22-9-2-1-3-10-22)26-18-23-11-5-12-24(19-26)35(23)25-16-20-7-4-8-21(15-20)17-25;25-24(28)27(19-8-2-1-3-9-19)23-15-20-10-5-11-21(16-23)26(20)22-13-17-6-4-7-18(12-17)14-22;1-2-4(6-3-1)5-7-9-10-8-5;;/h1-3,9-10,20-21,23-27H,4-8,11-19H2,(H,30,31,32,33);1-3,5,8-9,17-18,20-23H,4,6-7,10-16H2;4,6H,1-3H2,(H,7,8,9,10);1H4;1H/q;+1;;;/p-1/t20-,21+,23-,24+,25?,26?,27-;17-,18+,20-,21+,22?,23?;4-;;/m0.0../s1. The molecule has 3 N–H and O–H groups in total. The van der Waals surface area contributed by atoms with E-state index in [0.717, 1.165) is 124 Å². The zero-order chi connectivity index (χ0) is 50.7. The number of H-pyrrole nitrogens is 2. The van der Waals surface area contributed by atoms with E-state index in [1.165, 1.54) is 103 Å². The van der Waals surface area contributed by atoms with Crippen LogP contribution in [0.15, 0.2) is 60.7 Å². The molecule has 77 heavy (non-hydrogen) atoms. The van der Waals surface area contributed by atoms with E-state index in [0.29, 0.717) is 36.0 Å². The van der Waals surface area contributed by atoms with E-state index in [-0.39, 0.29) is 49.4 Å². The first-order valence-corrected chi connectivity index (χ1v) is 30.0. The Morgan fingerprint density at radius 2 is 1.04 bits per heavy atom. The summed E-state index contributed by atoms with van der Waals surface area (Å²) in [4.78, 5) is 38.6. The molecule has 2 aromatic heterocycles. The average Bonchev–Trinajstić information content (AvgIpc) is 4.33. The summed E-state index contributed by atoms with van der Waals surface area (Å²) < 4.78 is 0. The number of nitrogens with one attached hydrogen (secondary N) is 3. The summed E-state index contributed by atoms with van der Waals surface area (Å²) in [7, 11) is 0. The summed E-state index contributed by atoms with van der Waals surface area (Å²) in [6.07, 6.45) is 34.5. The summed E-state index contributed by atoms with van der Waals surface area (Å²) in [6, 6.07) is 25.1. The van der Waals surface area contributed by atoms with Crippen LogP contribution in [0.5, 0.6) is 0 Å². The Kier molecular flexibility index (Phi) is 18.8. The second-order valence-corrected chi connectivity index (χ2v) is 24.8. The highest BCUT2D eigenvalue weighted by atomic mass is 35.5. The van der Waals surface area contributed by atoms with Crippen molar-refractivity contribution in [2.75, 3.05) is 22.9 Å². The van der Waals surface area contributed by atoms with Gasteiger partial charge in [0, 0.05) is 54.2 Å². The lowest BCUT2D eigenvalue weighted by atomic mass is 9.68. The molecule has 6 saturated heterocycles. The molecule has 4 aliphatic carbocycles. The number of hydrogen-bond donors (Lipinski definition) is 3. The highest BCUT2D eigenvalue weighted by Gasteiger charge is 2.50. The zero-order valence-corrected chi connectivity index (χ0v) is 46.0. The van der Waals surface area contributed by atoms with Crippen molar-refractivity contribution in [3.05, 3.63) is 78.7 Å². The van der Waals surface area contributed by atoms with Crippen LogP contribution in [0.4, 0.5) is 21.0 Å². The van der Waals surface area contributed by atoms with Gasteiger partial charge < -0.3 is 22.6 Å². The molecule has 16 nitrogen and oxygen atoms in total. The molecule has 0 radical (unpaired) electrons. The third kappa shape index (κ3) is 12.5. The van der Waals surface area contributed by atoms with Gasteiger partial charge in [0.2, 0.25) is 0 Å². The van der Waals surface area contributed by atoms with Gasteiger partial charge in [-0.2, -0.15) is 10.4 Å². The Bertz CT molecular complexity index is 2380. The largest absolute Gasteiger partial charge is 1.00 e. The Balaban J connectivity index is 0.000000148. The molecule has 18 heteroatoms. The second kappa shape index (κ2) is 25.8. The van der Waals surface area contributed by atoms with E-state index in [9.17, 15) is 9.59 Å². The summed E-state index contributed by atoms with van der Waals surface area (Å²) in [6.45, 7) is 1.82. The fourth-order valence-corrected chi connectivity index (χ4v) is 17.3. The number of hydrogen-bond acceptors (Lipinski definition) is 11. The number of rotatable bonds is 8. The van der Waals surface area contributed by atoms with Crippen LogP contribution >= 0.6 is 11.6 Å². The van der Waals surface area contributed by atoms with Crippen LogP contribution in [0.1, 0.15) is 192 Å². The van der Waals surface area contributed by atoms with Crippen molar-refractivity contribution in [3.8, 4) is 0 Å². The van der Waals surface area contributed by atoms with Crippen LogP contribution in [0.25, 0.3) is 0 Å². The number of fused-ring (bicyclic) bond motifs is 8. The maximum Gasteiger partial charge on any atom is 0.325 e. The highest BCUT2D eigenvalue weighted by molar-refractivity contribution is 6.66. The fourth-order valence-electron chi connectivity index (χ4n) is 17.1. The van der Waals surface area contributed by atoms with Crippen LogP contribution < -0.4 is 27.5 Å². The van der Waals surface area contributed by atoms with E-state index < -0.39 is 0 Å². The normalized spacial score (nSPS) is 34.3. The lowest BCUT2D eigenvalue weighted by Crippen LogP contribution is -3.00. The first-order chi connectivity index (χ1) is 36.9. The van der Waals surface area contributed by atoms with Crippen LogP contribution in [-0.2, 0) is 0 Å². The van der Waals surface area contributed by atoms with Gasteiger partial charge in [0.1, 0.15) is 12.8 Å². The number of halogens is 2. The number of tetrazole rings is 2. The molecular weight excluding hydrogens is 1010 g/mol. The number of likely N-dealkylation sites (tertiary alicyclic amines) is 1. The molecule has 14 rings (SSSR count). The number of para-hydroxylation sites is 2. The van der Waals surface area contributed by atoms with Gasteiger partial charge in [0.25, 0.3) is 0 Å². The number of carbonyl (C=O) groups excluding carboxylic acids is 2. The topological polar surface area (TPSA) is 171 Å². The Morgan fingerprint density at radius 3 is 1.55 bits per heavy atom. The van der Waals surface area contributed by atoms with Gasteiger partial charge in [-0.15, -0.1) is 20.4 Å². The molecule has 14 atom stereocenters. The van der Waals surface area contributed by atoms with Crippen molar-refractivity contribution in [2.24, 2.45) is 23.7 Å². The van der Waals surface area contributed by atoms with Crippen molar-refractivity contribution in [1.82, 2.24) is 61.3 Å². The van der Waals surface area contributed by atoms with Crippen LogP contribution in [0.2, 0.25) is 0 Å². The molecule has 10 fully saturated rings. The maximum atomic E-state index is 14.3. The van der Waals surface area contributed by atoms with E-state index >= 15 is 0 Å². The van der Waals surface area contributed by atoms with Crippen LogP contribution in [-0.4, -0.2) is 129 Å². The number of anilines is 2. The van der Waals surface area contributed by atoms with Gasteiger partial charge in [0.15, 0.2) is 11.6 Å². The van der Waals surface area contributed by atoms with Crippen molar-refractivity contribution < 1.29 is 22.0 Å².